The van der Waals surface area contributed by atoms with Gasteiger partial charge in [-0.25, -0.2) is 0 Å². The Morgan fingerprint density at radius 2 is 1.65 bits per heavy atom. The molecule has 1 heterocycles. The van der Waals surface area contributed by atoms with Gasteiger partial charge in [0.05, 0.1) is 0 Å². The molecule has 0 bridgehead atoms. The normalized spacial score (nSPS) is 21.3. The van der Waals surface area contributed by atoms with Gasteiger partial charge in [0.25, 0.3) is 0 Å². The minimum atomic E-state index is 0.00792. The van der Waals surface area contributed by atoms with Gasteiger partial charge >= 0.3 is 0 Å². The molecule has 1 aliphatic carbocycles. The van der Waals surface area contributed by atoms with E-state index < -0.39 is 0 Å². The maximum absolute atomic E-state index is 12.4. The number of hydrogen-bond donors (Lipinski definition) is 1. The summed E-state index contributed by atoms with van der Waals surface area (Å²) in [4.78, 5) is 28.5. The fourth-order valence-electron chi connectivity index (χ4n) is 3.84. The first-order valence-electron chi connectivity index (χ1n) is 9.33. The summed E-state index contributed by atoms with van der Waals surface area (Å²) in [5.41, 5.74) is 0. The van der Waals surface area contributed by atoms with Crippen LogP contribution in [0.1, 0.15) is 51.9 Å². The van der Waals surface area contributed by atoms with E-state index in [0.29, 0.717) is 39.1 Å². The highest BCUT2D eigenvalue weighted by Crippen LogP contribution is 2.27. The average Bonchev–Trinajstić information content (AvgIpc) is 2.60. The van der Waals surface area contributed by atoms with E-state index in [2.05, 4.69) is 5.32 Å². The van der Waals surface area contributed by atoms with Gasteiger partial charge in [0.1, 0.15) is 0 Å². The van der Waals surface area contributed by atoms with Crippen molar-refractivity contribution in [1.82, 2.24) is 15.1 Å². The molecule has 5 heteroatoms. The summed E-state index contributed by atoms with van der Waals surface area (Å²) >= 11 is 0. The summed E-state index contributed by atoms with van der Waals surface area (Å²) in [6.07, 6.45) is 8.39. The fraction of sp³-hybridized carbons (Fsp3) is 0.889. The van der Waals surface area contributed by atoms with Gasteiger partial charge in [-0.3, -0.25) is 9.59 Å². The van der Waals surface area contributed by atoms with Crippen molar-refractivity contribution in [3.8, 4) is 0 Å². The average molecular weight is 323 g/mol. The lowest BCUT2D eigenvalue weighted by Crippen LogP contribution is -2.52. The third-order valence-electron chi connectivity index (χ3n) is 5.37. The molecule has 0 aromatic carbocycles. The molecule has 5 nitrogen and oxygen atoms in total. The number of nitrogens with one attached hydrogen (secondary N) is 1. The van der Waals surface area contributed by atoms with Crippen molar-refractivity contribution in [2.24, 2.45) is 11.8 Å². The molecule has 2 aliphatic rings. The van der Waals surface area contributed by atoms with Gasteiger partial charge in [-0.15, -0.1) is 0 Å². The second kappa shape index (κ2) is 9.26. The van der Waals surface area contributed by atoms with Crippen LogP contribution in [0.3, 0.4) is 0 Å². The van der Waals surface area contributed by atoms with E-state index in [0.717, 1.165) is 12.3 Å². The molecule has 0 radical (unpaired) electrons. The number of piperazine rings is 1. The quantitative estimate of drug-likeness (QED) is 0.812. The Balaban J connectivity index is 1.68. The minimum Gasteiger partial charge on any atom is -0.339 e. The molecular weight excluding hydrogens is 290 g/mol. The molecule has 1 saturated heterocycles. The van der Waals surface area contributed by atoms with Crippen molar-refractivity contribution >= 4 is 11.8 Å². The second-order valence-electron chi connectivity index (χ2n) is 7.21. The van der Waals surface area contributed by atoms with Crippen LogP contribution in [-0.2, 0) is 9.59 Å². The van der Waals surface area contributed by atoms with Crippen molar-refractivity contribution in [1.29, 1.82) is 0 Å². The van der Waals surface area contributed by atoms with E-state index >= 15 is 0 Å². The van der Waals surface area contributed by atoms with E-state index in [1.165, 1.54) is 32.1 Å². The standard InChI is InChI=1S/C18H33N3O2/c1-15(14-19-2)18(23)21-12-10-20(11-13-21)17(22)9-8-16-6-4-3-5-7-16/h15-16,19H,3-14H2,1-2H3. The molecule has 1 atom stereocenters. The molecule has 1 saturated carbocycles. The maximum Gasteiger partial charge on any atom is 0.226 e. The van der Waals surface area contributed by atoms with Crippen molar-refractivity contribution in [2.45, 2.75) is 51.9 Å². The lowest BCUT2D eigenvalue weighted by atomic mass is 9.86. The zero-order valence-corrected chi connectivity index (χ0v) is 14.9. The van der Waals surface area contributed by atoms with Crippen molar-refractivity contribution in [3.63, 3.8) is 0 Å². The summed E-state index contributed by atoms with van der Waals surface area (Å²) in [7, 11) is 1.87. The number of amides is 2. The van der Waals surface area contributed by atoms with Gasteiger partial charge in [-0.1, -0.05) is 39.0 Å². The molecule has 0 aromatic rings. The third kappa shape index (κ3) is 5.48. The second-order valence-corrected chi connectivity index (χ2v) is 7.21. The van der Waals surface area contributed by atoms with Crippen LogP contribution in [-0.4, -0.2) is 61.4 Å². The van der Waals surface area contributed by atoms with Crippen LogP contribution >= 0.6 is 0 Å². The van der Waals surface area contributed by atoms with E-state index in [1.807, 2.05) is 23.8 Å². The summed E-state index contributed by atoms with van der Waals surface area (Å²) in [6.45, 7) is 5.42. The van der Waals surface area contributed by atoms with Crippen LogP contribution in [0.15, 0.2) is 0 Å². The highest BCUT2D eigenvalue weighted by atomic mass is 16.2. The first kappa shape index (κ1) is 18.2. The van der Waals surface area contributed by atoms with Crippen molar-refractivity contribution in [2.75, 3.05) is 39.8 Å². The lowest BCUT2D eigenvalue weighted by Gasteiger charge is -2.36. The van der Waals surface area contributed by atoms with E-state index in [9.17, 15) is 9.59 Å². The van der Waals surface area contributed by atoms with Crippen LogP contribution in [0.5, 0.6) is 0 Å². The molecule has 1 unspecified atom stereocenters. The van der Waals surface area contributed by atoms with E-state index in [1.54, 1.807) is 0 Å². The Morgan fingerprint density at radius 3 is 2.26 bits per heavy atom. The predicted molar refractivity (Wildman–Crippen MR) is 92.1 cm³/mol. The SMILES string of the molecule is CNCC(C)C(=O)N1CCN(C(=O)CCC2CCCCC2)CC1. The Hall–Kier alpha value is -1.10. The lowest BCUT2D eigenvalue weighted by molar-refractivity contribution is -0.141. The highest BCUT2D eigenvalue weighted by Gasteiger charge is 2.26. The van der Waals surface area contributed by atoms with Gasteiger partial charge in [0.2, 0.25) is 11.8 Å². The molecule has 1 aliphatic heterocycles. The molecule has 2 amide bonds. The third-order valence-corrected chi connectivity index (χ3v) is 5.37. The van der Waals surface area contributed by atoms with Gasteiger partial charge in [-0.2, -0.15) is 0 Å². The Bertz CT molecular complexity index is 386. The number of hydrogen-bond acceptors (Lipinski definition) is 3. The molecular formula is C18H33N3O2. The van der Waals surface area contributed by atoms with Crippen LogP contribution in [0.25, 0.3) is 0 Å². The molecule has 1 N–H and O–H groups in total. The molecule has 2 rings (SSSR count). The Labute approximate surface area is 140 Å². The summed E-state index contributed by atoms with van der Waals surface area (Å²) in [6, 6.07) is 0. The van der Waals surface area contributed by atoms with E-state index in [-0.39, 0.29) is 17.7 Å². The van der Waals surface area contributed by atoms with Crippen LogP contribution < -0.4 is 5.32 Å². The predicted octanol–water partition coefficient (Wildman–Crippen LogP) is 1.87. The van der Waals surface area contributed by atoms with Crippen molar-refractivity contribution < 1.29 is 9.59 Å². The van der Waals surface area contributed by atoms with Crippen molar-refractivity contribution in [3.05, 3.63) is 0 Å². The first-order chi connectivity index (χ1) is 11.1. The largest absolute Gasteiger partial charge is 0.339 e. The van der Waals surface area contributed by atoms with Gasteiger partial charge in [-0.05, 0) is 19.4 Å². The number of rotatable bonds is 6. The van der Waals surface area contributed by atoms with Gasteiger partial charge in [0.15, 0.2) is 0 Å². The van der Waals surface area contributed by atoms with Gasteiger partial charge in [0, 0.05) is 45.1 Å². The summed E-state index contributed by atoms with van der Waals surface area (Å²) < 4.78 is 0. The minimum absolute atomic E-state index is 0.00792. The topological polar surface area (TPSA) is 52.7 Å². The van der Waals surface area contributed by atoms with E-state index in [4.69, 9.17) is 0 Å². The monoisotopic (exact) mass is 323 g/mol. The molecule has 0 spiro atoms. The number of carbonyl (C=O) groups is 2. The Morgan fingerprint density at radius 1 is 1.04 bits per heavy atom. The maximum atomic E-state index is 12.4. The fourth-order valence-corrected chi connectivity index (χ4v) is 3.84. The molecule has 23 heavy (non-hydrogen) atoms. The number of nitrogens with zero attached hydrogens (tertiary/aromatic N) is 2. The Kier molecular flexibility index (Phi) is 7.34. The molecule has 2 fully saturated rings. The molecule has 132 valence electrons. The smallest absolute Gasteiger partial charge is 0.226 e. The number of carbonyl (C=O) groups excluding carboxylic acids is 2. The zero-order chi connectivity index (χ0) is 16.7. The highest BCUT2D eigenvalue weighted by molar-refractivity contribution is 5.80. The summed E-state index contributed by atoms with van der Waals surface area (Å²) in [5.74, 6) is 1.26. The molecule has 0 aromatic heterocycles. The zero-order valence-electron chi connectivity index (χ0n) is 14.9. The first-order valence-corrected chi connectivity index (χ1v) is 9.33. The van der Waals surface area contributed by atoms with Crippen LogP contribution in [0.2, 0.25) is 0 Å². The summed E-state index contributed by atoms with van der Waals surface area (Å²) in [5, 5.41) is 3.05. The van der Waals surface area contributed by atoms with Crippen LogP contribution in [0, 0.1) is 11.8 Å². The van der Waals surface area contributed by atoms with Gasteiger partial charge < -0.3 is 15.1 Å². The van der Waals surface area contributed by atoms with Crippen LogP contribution in [0.4, 0.5) is 0 Å².